The smallest absolute Gasteiger partial charge is 0.224 e. The summed E-state index contributed by atoms with van der Waals surface area (Å²) in [5.41, 5.74) is 0. The molecular weight excluding hydrogens is 425 g/mol. The molecule has 0 unspecified atom stereocenters. The Balaban J connectivity index is 0.00000484. The quantitative estimate of drug-likeness (QED) is 0.360. The minimum Gasteiger partial charge on any atom is -0.357 e. The average Bonchev–Trinajstić information content (AvgIpc) is 2.91. The third kappa shape index (κ3) is 8.50. The van der Waals surface area contributed by atoms with Crippen molar-refractivity contribution in [2.24, 2.45) is 4.99 Å². The van der Waals surface area contributed by atoms with Gasteiger partial charge in [0.15, 0.2) is 5.96 Å². The summed E-state index contributed by atoms with van der Waals surface area (Å²) in [7, 11) is 0. The number of rotatable bonds is 8. The zero-order chi connectivity index (χ0) is 16.4. The number of aliphatic imine (C=N–C) groups is 1. The summed E-state index contributed by atoms with van der Waals surface area (Å²) in [6.07, 6.45) is 2.34. The van der Waals surface area contributed by atoms with Gasteiger partial charge in [-0.2, -0.15) is 0 Å². The Hall–Kier alpha value is -0.900. The van der Waals surface area contributed by atoms with E-state index in [9.17, 15) is 4.79 Å². The molecule has 2 N–H and O–H groups in total. The van der Waals surface area contributed by atoms with E-state index >= 15 is 0 Å². The lowest BCUT2D eigenvalue weighted by Crippen LogP contribution is -2.40. The standard InChI is InChI=1S/C15H27N5OS.HI/c1-5-16-15(19-11-13-10-18-12(4)22-13)17-9-8-14(21)20(6-2)7-3;/h10H,5-9,11H2,1-4H3,(H2,16,17,19);1H. The van der Waals surface area contributed by atoms with Crippen LogP contribution in [-0.4, -0.2) is 47.9 Å². The Morgan fingerprint density at radius 3 is 2.52 bits per heavy atom. The molecule has 0 spiro atoms. The highest BCUT2D eigenvalue weighted by atomic mass is 127. The van der Waals surface area contributed by atoms with Crippen LogP contribution in [0.3, 0.4) is 0 Å². The molecular formula is C15H28IN5OS. The van der Waals surface area contributed by atoms with Crippen LogP contribution in [0.25, 0.3) is 0 Å². The van der Waals surface area contributed by atoms with Crippen molar-refractivity contribution in [2.75, 3.05) is 26.2 Å². The fourth-order valence-electron chi connectivity index (χ4n) is 2.00. The number of aromatic nitrogens is 1. The van der Waals surface area contributed by atoms with Crippen molar-refractivity contribution in [1.29, 1.82) is 0 Å². The first-order chi connectivity index (χ1) is 10.6. The minimum absolute atomic E-state index is 0. The molecule has 0 fully saturated rings. The van der Waals surface area contributed by atoms with E-state index in [1.807, 2.05) is 38.8 Å². The van der Waals surface area contributed by atoms with Crippen molar-refractivity contribution in [3.8, 4) is 0 Å². The number of nitrogens with zero attached hydrogens (tertiary/aromatic N) is 3. The molecule has 0 aliphatic carbocycles. The van der Waals surface area contributed by atoms with Crippen LogP contribution in [0.1, 0.15) is 37.1 Å². The van der Waals surface area contributed by atoms with Gasteiger partial charge >= 0.3 is 0 Å². The Labute approximate surface area is 160 Å². The maximum atomic E-state index is 11.9. The zero-order valence-electron chi connectivity index (χ0n) is 14.4. The van der Waals surface area contributed by atoms with Crippen molar-refractivity contribution in [1.82, 2.24) is 20.5 Å². The summed E-state index contributed by atoms with van der Waals surface area (Å²) in [6, 6.07) is 0. The fourth-order valence-corrected chi connectivity index (χ4v) is 2.72. The fraction of sp³-hybridized carbons (Fsp3) is 0.667. The number of hydrogen-bond acceptors (Lipinski definition) is 4. The van der Waals surface area contributed by atoms with Gasteiger partial charge in [-0.15, -0.1) is 35.3 Å². The molecule has 1 aromatic heterocycles. The van der Waals surface area contributed by atoms with E-state index in [0.29, 0.717) is 19.5 Å². The number of nitrogens with one attached hydrogen (secondary N) is 2. The second-order valence-electron chi connectivity index (χ2n) is 4.78. The Kier molecular flexibility index (Phi) is 12.0. The van der Waals surface area contributed by atoms with Crippen LogP contribution in [0.5, 0.6) is 0 Å². The summed E-state index contributed by atoms with van der Waals surface area (Å²) in [5.74, 6) is 0.910. The van der Waals surface area contributed by atoms with Gasteiger partial charge < -0.3 is 15.5 Å². The number of aryl methyl sites for hydroxylation is 1. The largest absolute Gasteiger partial charge is 0.357 e. The van der Waals surface area contributed by atoms with Gasteiger partial charge in [0, 0.05) is 43.7 Å². The molecule has 1 aromatic rings. The van der Waals surface area contributed by atoms with Gasteiger partial charge in [-0.25, -0.2) is 9.98 Å². The molecule has 0 saturated carbocycles. The van der Waals surface area contributed by atoms with Crippen molar-refractivity contribution < 1.29 is 4.79 Å². The number of carbonyl (C=O) groups excluding carboxylic acids is 1. The van der Waals surface area contributed by atoms with Crippen LogP contribution in [-0.2, 0) is 11.3 Å². The second kappa shape index (κ2) is 12.5. The molecule has 0 radical (unpaired) electrons. The van der Waals surface area contributed by atoms with Crippen LogP contribution >= 0.6 is 35.3 Å². The maximum absolute atomic E-state index is 11.9. The van der Waals surface area contributed by atoms with Gasteiger partial charge in [-0.05, 0) is 27.7 Å². The molecule has 0 aliphatic rings. The van der Waals surface area contributed by atoms with Crippen LogP contribution in [0.4, 0.5) is 0 Å². The molecule has 1 rings (SSSR count). The van der Waals surface area contributed by atoms with E-state index in [1.165, 1.54) is 0 Å². The molecule has 0 aromatic carbocycles. The predicted molar refractivity (Wildman–Crippen MR) is 108 cm³/mol. The van der Waals surface area contributed by atoms with Gasteiger partial charge in [0.1, 0.15) is 0 Å². The molecule has 8 heteroatoms. The van der Waals surface area contributed by atoms with Crippen molar-refractivity contribution in [3.05, 3.63) is 16.1 Å². The van der Waals surface area contributed by atoms with E-state index in [-0.39, 0.29) is 29.9 Å². The number of thiazole rings is 1. The van der Waals surface area contributed by atoms with Gasteiger partial charge in [-0.3, -0.25) is 4.79 Å². The number of hydrogen-bond donors (Lipinski definition) is 2. The van der Waals surface area contributed by atoms with Gasteiger partial charge in [0.2, 0.25) is 5.91 Å². The van der Waals surface area contributed by atoms with Gasteiger partial charge in [-0.1, -0.05) is 0 Å². The normalized spacial score (nSPS) is 10.9. The van der Waals surface area contributed by atoms with E-state index in [4.69, 9.17) is 0 Å². The lowest BCUT2D eigenvalue weighted by Gasteiger charge is -2.19. The van der Waals surface area contributed by atoms with Crippen LogP contribution < -0.4 is 10.6 Å². The van der Waals surface area contributed by atoms with Crippen LogP contribution in [0.2, 0.25) is 0 Å². The van der Waals surface area contributed by atoms with Crippen molar-refractivity contribution >= 4 is 47.2 Å². The van der Waals surface area contributed by atoms with Gasteiger partial charge in [0.05, 0.1) is 11.6 Å². The summed E-state index contributed by atoms with van der Waals surface area (Å²) < 4.78 is 0. The van der Waals surface area contributed by atoms with Crippen LogP contribution in [0.15, 0.2) is 11.2 Å². The molecule has 0 saturated heterocycles. The SMILES string of the molecule is CCNC(=NCc1cnc(C)s1)NCCC(=O)N(CC)CC.I. The molecule has 6 nitrogen and oxygen atoms in total. The molecule has 0 aliphatic heterocycles. The summed E-state index contributed by atoms with van der Waals surface area (Å²) >= 11 is 1.65. The Morgan fingerprint density at radius 2 is 2.00 bits per heavy atom. The number of amides is 1. The minimum atomic E-state index is 0. The second-order valence-corrected chi connectivity index (χ2v) is 6.10. The summed E-state index contributed by atoms with van der Waals surface area (Å²) in [4.78, 5) is 23.7. The lowest BCUT2D eigenvalue weighted by molar-refractivity contribution is -0.130. The number of halogens is 1. The zero-order valence-corrected chi connectivity index (χ0v) is 17.5. The molecule has 1 amide bonds. The van der Waals surface area contributed by atoms with Crippen molar-refractivity contribution in [2.45, 2.75) is 40.7 Å². The molecule has 23 heavy (non-hydrogen) atoms. The predicted octanol–water partition coefficient (Wildman–Crippen LogP) is 2.38. The number of carbonyl (C=O) groups is 1. The lowest BCUT2D eigenvalue weighted by atomic mass is 10.3. The van der Waals surface area contributed by atoms with Gasteiger partial charge in [0.25, 0.3) is 0 Å². The molecule has 1 heterocycles. The topological polar surface area (TPSA) is 69.6 Å². The first kappa shape index (κ1) is 22.1. The molecule has 132 valence electrons. The van der Waals surface area contributed by atoms with E-state index in [2.05, 4.69) is 20.6 Å². The van der Waals surface area contributed by atoms with Crippen molar-refractivity contribution in [3.63, 3.8) is 0 Å². The maximum Gasteiger partial charge on any atom is 0.224 e. The highest BCUT2D eigenvalue weighted by Crippen LogP contribution is 2.12. The highest BCUT2D eigenvalue weighted by Gasteiger charge is 2.09. The first-order valence-corrected chi connectivity index (χ1v) is 8.63. The van der Waals surface area contributed by atoms with E-state index in [0.717, 1.165) is 35.5 Å². The van der Waals surface area contributed by atoms with Crippen LogP contribution in [0, 0.1) is 6.92 Å². The molecule has 0 bridgehead atoms. The number of guanidine groups is 1. The Bertz CT molecular complexity index is 488. The van der Waals surface area contributed by atoms with E-state index in [1.54, 1.807) is 11.3 Å². The summed E-state index contributed by atoms with van der Waals surface area (Å²) in [5, 5.41) is 7.45. The Morgan fingerprint density at radius 1 is 1.30 bits per heavy atom. The third-order valence-electron chi connectivity index (χ3n) is 3.15. The monoisotopic (exact) mass is 453 g/mol. The summed E-state index contributed by atoms with van der Waals surface area (Å²) in [6.45, 7) is 11.5. The van der Waals surface area contributed by atoms with E-state index < -0.39 is 0 Å². The average molecular weight is 453 g/mol. The third-order valence-corrected chi connectivity index (χ3v) is 4.05. The molecule has 0 atom stereocenters. The first-order valence-electron chi connectivity index (χ1n) is 7.81. The highest BCUT2D eigenvalue weighted by molar-refractivity contribution is 14.0.